The Morgan fingerprint density at radius 3 is 2.95 bits per heavy atom. The van der Waals surface area contributed by atoms with Crippen LogP contribution in [0.4, 0.5) is 0 Å². The second-order valence-corrected chi connectivity index (χ2v) is 6.45. The van der Waals surface area contributed by atoms with Crippen molar-refractivity contribution in [2.75, 3.05) is 13.6 Å². The second-order valence-electron chi connectivity index (χ2n) is 4.64. The molecule has 0 unspecified atom stereocenters. The van der Waals surface area contributed by atoms with Gasteiger partial charge in [0.1, 0.15) is 0 Å². The molecule has 0 aromatic heterocycles. The molecule has 0 bridgehead atoms. The van der Waals surface area contributed by atoms with Crippen LogP contribution < -0.4 is 4.72 Å². The van der Waals surface area contributed by atoms with Gasteiger partial charge in [-0.15, -0.1) is 0 Å². The van der Waals surface area contributed by atoms with Gasteiger partial charge in [-0.2, -0.15) is 22.7 Å². The van der Waals surface area contributed by atoms with Crippen molar-refractivity contribution in [3.05, 3.63) is 35.4 Å². The Bertz CT molecular complexity index is 592. The maximum atomic E-state index is 12.1. The summed E-state index contributed by atoms with van der Waals surface area (Å²) in [5.74, 6) is 0. The van der Waals surface area contributed by atoms with E-state index in [1.54, 1.807) is 0 Å². The van der Waals surface area contributed by atoms with Gasteiger partial charge in [-0.25, -0.2) is 0 Å². The third-order valence-electron chi connectivity index (χ3n) is 3.37. The minimum absolute atomic E-state index is 0.161. The van der Waals surface area contributed by atoms with Crippen LogP contribution in [0.5, 0.6) is 0 Å². The van der Waals surface area contributed by atoms with E-state index in [1.807, 2.05) is 30.3 Å². The molecule has 1 aromatic carbocycles. The molecule has 2 rings (SSSR count). The quantitative estimate of drug-likeness (QED) is 0.884. The Hall–Kier alpha value is -1.42. The van der Waals surface area contributed by atoms with Gasteiger partial charge in [0, 0.05) is 26.1 Å². The van der Waals surface area contributed by atoms with Gasteiger partial charge in [0.25, 0.3) is 10.2 Å². The van der Waals surface area contributed by atoms with Crippen molar-refractivity contribution >= 4 is 10.2 Å². The van der Waals surface area contributed by atoms with Gasteiger partial charge in [0.2, 0.25) is 0 Å². The summed E-state index contributed by atoms with van der Waals surface area (Å²) in [4.78, 5) is 0. The number of nitrogens with one attached hydrogen (secondary N) is 1. The highest BCUT2D eigenvalue weighted by Crippen LogP contribution is 2.31. The molecule has 0 fully saturated rings. The summed E-state index contributed by atoms with van der Waals surface area (Å²) in [7, 11) is -2.04. The first-order valence-corrected chi connectivity index (χ1v) is 7.67. The number of nitrogens with zero attached hydrogens (tertiary/aromatic N) is 2. The van der Waals surface area contributed by atoms with E-state index in [-0.39, 0.29) is 19.0 Å². The van der Waals surface area contributed by atoms with E-state index in [4.69, 9.17) is 5.26 Å². The standard InChI is InChI=1S/C13H17N3O2S/c1-16(10-4-9-14)19(17,18)15-13-8-7-11-5-2-3-6-12(11)13/h2-3,5-6,13,15H,4,7-8,10H2,1H3/t13-/m0/s1. The summed E-state index contributed by atoms with van der Waals surface area (Å²) in [6.45, 7) is 0.209. The van der Waals surface area contributed by atoms with Crippen LogP contribution in [0.1, 0.15) is 30.0 Å². The number of rotatable bonds is 5. The molecule has 5 nitrogen and oxygen atoms in total. The molecular weight excluding hydrogens is 262 g/mol. The maximum absolute atomic E-state index is 12.1. The molecule has 6 heteroatoms. The van der Waals surface area contributed by atoms with Gasteiger partial charge in [-0.05, 0) is 24.0 Å². The number of benzene rings is 1. The van der Waals surface area contributed by atoms with Crippen LogP contribution in [0.3, 0.4) is 0 Å². The number of hydrogen-bond donors (Lipinski definition) is 1. The molecule has 102 valence electrons. The molecule has 0 spiro atoms. The van der Waals surface area contributed by atoms with Crippen molar-refractivity contribution in [1.82, 2.24) is 9.03 Å². The second kappa shape index (κ2) is 5.70. The Balaban J connectivity index is 2.08. The molecule has 1 aromatic rings. The zero-order valence-electron chi connectivity index (χ0n) is 10.8. The fourth-order valence-corrected chi connectivity index (χ4v) is 3.39. The zero-order valence-corrected chi connectivity index (χ0v) is 11.7. The fourth-order valence-electron chi connectivity index (χ4n) is 2.28. The molecule has 1 aliphatic rings. The lowest BCUT2D eigenvalue weighted by molar-refractivity contribution is 0.452. The average molecular weight is 279 g/mol. The monoisotopic (exact) mass is 279 g/mol. The number of fused-ring (bicyclic) bond motifs is 1. The van der Waals surface area contributed by atoms with Crippen LogP contribution in [-0.4, -0.2) is 26.3 Å². The molecule has 0 saturated heterocycles. The Kier molecular flexibility index (Phi) is 4.20. The van der Waals surface area contributed by atoms with E-state index >= 15 is 0 Å². The largest absolute Gasteiger partial charge is 0.279 e. The van der Waals surface area contributed by atoms with E-state index < -0.39 is 10.2 Å². The van der Waals surface area contributed by atoms with Gasteiger partial charge < -0.3 is 0 Å². The summed E-state index contributed by atoms with van der Waals surface area (Å²) in [6.07, 6.45) is 1.87. The van der Waals surface area contributed by atoms with Crippen molar-refractivity contribution in [2.45, 2.75) is 25.3 Å². The molecule has 1 N–H and O–H groups in total. The van der Waals surface area contributed by atoms with Gasteiger partial charge in [-0.3, -0.25) is 0 Å². The molecule has 19 heavy (non-hydrogen) atoms. The van der Waals surface area contributed by atoms with Gasteiger partial charge >= 0.3 is 0 Å². The molecule has 1 atom stereocenters. The Labute approximate surface area is 114 Å². The Morgan fingerprint density at radius 2 is 2.21 bits per heavy atom. The number of aryl methyl sites for hydroxylation is 1. The van der Waals surface area contributed by atoms with Crippen LogP contribution in [0.25, 0.3) is 0 Å². The average Bonchev–Trinajstić information content (AvgIpc) is 2.79. The molecule has 0 saturated carbocycles. The van der Waals surface area contributed by atoms with Gasteiger partial charge in [0.15, 0.2) is 0 Å². The predicted octanol–water partition coefficient (Wildman–Crippen LogP) is 1.35. The van der Waals surface area contributed by atoms with E-state index in [0.717, 1.165) is 18.4 Å². The van der Waals surface area contributed by atoms with Crippen molar-refractivity contribution in [3.8, 4) is 6.07 Å². The number of hydrogen-bond acceptors (Lipinski definition) is 3. The third-order valence-corrected chi connectivity index (χ3v) is 4.96. The van der Waals surface area contributed by atoms with Crippen LogP contribution in [-0.2, 0) is 16.6 Å². The summed E-state index contributed by atoms with van der Waals surface area (Å²) >= 11 is 0. The maximum Gasteiger partial charge on any atom is 0.279 e. The van der Waals surface area contributed by atoms with E-state index in [9.17, 15) is 8.42 Å². The molecule has 0 aliphatic heterocycles. The lowest BCUT2D eigenvalue weighted by Crippen LogP contribution is -2.40. The minimum Gasteiger partial charge on any atom is -0.198 e. The van der Waals surface area contributed by atoms with Crippen molar-refractivity contribution < 1.29 is 8.42 Å². The van der Waals surface area contributed by atoms with Gasteiger partial charge in [0.05, 0.1) is 6.07 Å². The van der Waals surface area contributed by atoms with Crippen LogP contribution >= 0.6 is 0 Å². The first-order valence-electron chi connectivity index (χ1n) is 6.23. The highest BCUT2D eigenvalue weighted by atomic mass is 32.2. The van der Waals surface area contributed by atoms with Crippen LogP contribution in [0, 0.1) is 11.3 Å². The normalized spacial score (nSPS) is 18.3. The molecule has 0 heterocycles. The molecule has 0 radical (unpaired) electrons. The molecule has 1 aliphatic carbocycles. The van der Waals surface area contributed by atoms with Crippen molar-refractivity contribution in [3.63, 3.8) is 0 Å². The predicted molar refractivity (Wildman–Crippen MR) is 72.4 cm³/mol. The topological polar surface area (TPSA) is 73.2 Å². The van der Waals surface area contributed by atoms with Crippen LogP contribution in [0.15, 0.2) is 24.3 Å². The van der Waals surface area contributed by atoms with Gasteiger partial charge in [-0.1, -0.05) is 24.3 Å². The molecule has 0 amide bonds. The van der Waals surface area contributed by atoms with E-state index in [2.05, 4.69) is 4.72 Å². The lowest BCUT2D eigenvalue weighted by Gasteiger charge is -2.20. The summed E-state index contributed by atoms with van der Waals surface area (Å²) in [5.41, 5.74) is 2.26. The summed E-state index contributed by atoms with van der Waals surface area (Å²) in [5, 5.41) is 8.50. The number of nitriles is 1. The van der Waals surface area contributed by atoms with Crippen LogP contribution in [0.2, 0.25) is 0 Å². The first-order chi connectivity index (χ1) is 9.04. The highest BCUT2D eigenvalue weighted by molar-refractivity contribution is 7.87. The van der Waals surface area contributed by atoms with Crippen molar-refractivity contribution in [2.24, 2.45) is 0 Å². The lowest BCUT2D eigenvalue weighted by atomic mass is 10.1. The first kappa shape index (κ1) is 14.0. The zero-order chi connectivity index (χ0) is 13.9. The molecular formula is C13H17N3O2S. The van der Waals surface area contributed by atoms with E-state index in [0.29, 0.717) is 0 Å². The summed E-state index contributed by atoms with van der Waals surface area (Å²) < 4.78 is 28.1. The van der Waals surface area contributed by atoms with E-state index in [1.165, 1.54) is 16.9 Å². The summed E-state index contributed by atoms with van der Waals surface area (Å²) in [6, 6.07) is 9.67. The Morgan fingerprint density at radius 1 is 1.47 bits per heavy atom. The fraction of sp³-hybridized carbons (Fsp3) is 0.462. The minimum atomic E-state index is -3.53. The smallest absolute Gasteiger partial charge is 0.198 e. The SMILES string of the molecule is CN(CCC#N)S(=O)(=O)N[C@H]1CCc2ccccc21. The third kappa shape index (κ3) is 3.13. The van der Waals surface area contributed by atoms with Crippen molar-refractivity contribution in [1.29, 1.82) is 5.26 Å². The highest BCUT2D eigenvalue weighted by Gasteiger charge is 2.28.